The summed E-state index contributed by atoms with van der Waals surface area (Å²) in [6.45, 7) is 4.08. The SMILES string of the molecule is COc1ccc(-c2cc(CNC(=O)c3ccc(-n4nc(C)cc4C)nn3)ncn2)cc1. The summed E-state index contributed by atoms with van der Waals surface area (Å²) in [6.07, 6.45) is 1.48. The summed E-state index contributed by atoms with van der Waals surface area (Å²) in [6, 6.07) is 14.7. The van der Waals surface area contributed by atoms with Gasteiger partial charge in [-0.05, 0) is 62.4 Å². The monoisotopic (exact) mass is 415 g/mol. The smallest absolute Gasteiger partial charge is 0.272 e. The lowest BCUT2D eigenvalue weighted by atomic mass is 10.1. The largest absolute Gasteiger partial charge is 0.497 e. The van der Waals surface area contributed by atoms with Crippen LogP contribution < -0.4 is 10.1 Å². The molecule has 31 heavy (non-hydrogen) atoms. The van der Waals surface area contributed by atoms with E-state index < -0.39 is 0 Å². The van der Waals surface area contributed by atoms with Crippen molar-refractivity contribution in [1.29, 1.82) is 0 Å². The molecule has 1 N–H and O–H groups in total. The number of aromatic nitrogens is 6. The number of hydrogen-bond donors (Lipinski definition) is 1. The van der Waals surface area contributed by atoms with Gasteiger partial charge in [0.05, 0.1) is 30.7 Å². The Balaban J connectivity index is 1.42. The van der Waals surface area contributed by atoms with Crippen LogP contribution in [0.25, 0.3) is 17.1 Å². The number of carbonyl (C=O) groups excluding carboxylic acids is 1. The zero-order chi connectivity index (χ0) is 21.8. The molecule has 4 rings (SSSR count). The molecule has 3 aromatic heterocycles. The predicted octanol–water partition coefficient (Wildman–Crippen LogP) is 2.67. The Labute approximate surface area is 179 Å². The highest BCUT2D eigenvalue weighted by molar-refractivity contribution is 5.92. The average Bonchev–Trinajstić information content (AvgIpc) is 3.15. The highest BCUT2D eigenvalue weighted by Gasteiger charge is 2.11. The molecule has 3 heterocycles. The molecule has 9 nitrogen and oxygen atoms in total. The Morgan fingerprint density at radius 1 is 1.03 bits per heavy atom. The molecule has 156 valence electrons. The third-order valence-corrected chi connectivity index (χ3v) is 4.65. The second kappa shape index (κ2) is 8.70. The van der Waals surface area contributed by atoms with Gasteiger partial charge < -0.3 is 10.1 Å². The van der Waals surface area contributed by atoms with Crippen LogP contribution in [0.15, 0.2) is 54.9 Å². The summed E-state index contributed by atoms with van der Waals surface area (Å²) >= 11 is 0. The highest BCUT2D eigenvalue weighted by Crippen LogP contribution is 2.20. The molecular weight excluding hydrogens is 394 g/mol. The van der Waals surface area contributed by atoms with Crippen LogP contribution in [0.1, 0.15) is 27.6 Å². The number of benzene rings is 1. The van der Waals surface area contributed by atoms with Crippen LogP contribution >= 0.6 is 0 Å². The van der Waals surface area contributed by atoms with Crippen LogP contribution in [0.3, 0.4) is 0 Å². The fraction of sp³-hybridized carbons (Fsp3) is 0.182. The fourth-order valence-electron chi connectivity index (χ4n) is 3.10. The van der Waals surface area contributed by atoms with Gasteiger partial charge in [-0.25, -0.2) is 14.6 Å². The minimum Gasteiger partial charge on any atom is -0.497 e. The lowest BCUT2D eigenvalue weighted by Gasteiger charge is -2.07. The molecule has 0 saturated carbocycles. The number of hydrogen-bond acceptors (Lipinski definition) is 7. The number of amides is 1. The second-order valence-corrected chi connectivity index (χ2v) is 6.92. The van der Waals surface area contributed by atoms with Gasteiger partial charge in [0.15, 0.2) is 11.5 Å². The standard InChI is InChI=1S/C22H21N7O2/c1-14-10-15(2)29(28-14)21-9-8-19(26-27-21)22(30)23-12-17-11-20(25-13-24-17)16-4-6-18(31-3)7-5-16/h4-11,13H,12H2,1-3H3,(H,23,30). The molecule has 0 fully saturated rings. The number of methoxy groups -OCH3 is 1. The van der Waals surface area contributed by atoms with E-state index in [1.165, 1.54) is 6.33 Å². The van der Waals surface area contributed by atoms with Crippen LogP contribution in [-0.4, -0.2) is 43.0 Å². The topological polar surface area (TPSA) is 108 Å². The summed E-state index contributed by atoms with van der Waals surface area (Å²) in [7, 11) is 1.62. The maximum absolute atomic E-state index is 12.5. The molecule has 1 aromatic carbocycles. The van der Waals surface area contributed by atoms with Crippen molar-refractivity contribution in [2.45, 2.75) is 20.4 Å². The van der Waals surface area contributed by atoms with Gasteiger partial charge in [-0.1, -0.05) is 0 Å². The van der Waals surface area contributed by atoms with Crippen molar-refractivity contribution >= 4 is 5.91 Å². The van der Waals surface area contributed by atoms with Gasteiger partial charge in [-0.15, -0.1) is 10.2 Å². The van der Waals surface area contributed by atoms with Crippen LogP contribution in [0.2, 0.25) is 0 Å². The van der Waals surface area contributed by atoms with E-state index in [0.29, 0.717) is 11.5 Å². The van der Waals surface area contributed by atoms with E-state index in [4.69, 9.17) is 4.74 Å². The lowest BCUT2D eigenvalue weighted by molar-refractivity contribution is 0.0944. The average molecular weight is 415 g/mol. The van der Waals surface area contributed by atoms with Gasteiger partial charge in [0, 0.05) is 11.3 Å². The van der Waals surface area contributed by atoms with Crippen LogP contribution in [0.5, 0.6) is 5.75 Å². The second-order valence-electron chi connectivity index (χ2n) is 6.92. The third kappa shape index (κ3) is 4.55. The number of aryl methyl sites for hydroxylation is 2. The van der Waals surface area contributed by atoms with Crippen molar-refractivity contribution in [1.82, 2.24) is 35.3 Å². The summed E-state index contributed by atoms with van der Waals surface area (Å²) in [5.41, 5.74) is 4.42. The molecular formula is C22H21N7O2. The molecule has 0 saturated heterocycles. The van der Waals surface area contributed by atoms with E-state index in [1.807, 2.05) is 50.2 Å². The molecule has 1 amide bonds. The van der Waals surface area contributed by atoms with E-state index in [0.717, 1.165) is 28.4 Å². The predicted molar refractivity (Wildman–Crippen MR) is 114 cm³/mol. The van der Waals surface area contributed by atoms with Crippen LogP contribution in [-0.2, 0) is 6.54 Å². The minimum absolute atomic E-state index is 0.217. The first-order chi connectivity index (χ1) is 15.0. The zero-order valence-electron chi connectivity index (χ0n) is 17.4. The Morgan fingerprint density at radius 2 is 1.84 bits per heavy atom. The summed E-state index contributed by atoms with van der Waals surface area (Å²) < 4.78 is 6.87. The number of ether oxygens (including phenoxy) is 1. The maximum atomic E-state index is 12.5. The molecule has 0 aliphatic rings. The number of carbonyl (C=O) groups is 1. The van der Waals surface area contributed by atoms with Gasteiger partial charge in [-0.2, -0.15) is 5.10 Å². The molecule has 0 aliphatic carbocycles. The first-order valence-corrected chi connectivity index (χ1v) is 9.64. The molecule has 9 heteroatoms. The minimum atomic E-state index is -0.336. The van der Waals surface area contributed by atoms with Gasteiger partial charge in [-0.3, -0.25) is 4.79 Å². The molecule has 4 aromatic rings. The number of nitrogens with one attached hydrogen (secondary N) is 1. The number of rotatable bonds is 6. The van der Waals surface area contributed by atoms with E-state index in [9.17, 15) is 4.79 Å². The van der Waals surface area contributed by atoms with Crippen molar-refractivity contribution < 1.29 is 9.53 Å². The van der Waals surface area contributed by atoms with Crippen molar-refractivity contribution in [2.75, 3.05) is 7.11 Å². The Kier molecular flexibility index (Phi) is 5.65. The first kappa shape index (κ1) is 20.1. The summed E-state index contributed by atoms with van der Waals surface area (Å²) in [5, 5.41) is 15.3. The van der Waals surface area contributed by atoms with Crippen molar-refractivity contribution in [3.63, 3.8) is 0 Å². The van der Waals surface area contributed by atoms with Crippen LogP contribution in [0.4, 0.5) is 0 Å². The van der Waals surface area contributed by atoms with Gasteiger partial charge >= 0.3 is 0 Å². The molecule has 0 spiro atoms. The third-order valence-electron chi connectivity index (χ3n) is 4.65. The summed E-state index contributed by atoms with van der Waals surface area (Å²) in [5.74, 6) is 0.995. The molecule has 0 radical (unpaired) electrons. The van der Waals surface area contributed by atoms with Gasteiger partial charge in [0.25, 0.3) is 5.91 Å². The lowest BCUT2D eigenvalue weighted by Crippen LogP contribution is -2.25. The van der Waals surface area contributed by atoms with E-state index in [2.05, 4.69) is 30.6 Å². The highest BCUT2D eigenvalue weighted by atomic mass is 16.5. The normalized spacial score (nSPS) is 10.7. The van der Waals surface area contributed by atoms with Gasteiger partial charge in [0.1, 0.15) is 12.1 Å². The van der Waals surface area contributed by atoms with Gasteiger partial charge in [0.2, 0.25) is 0 Å². The molecule has 0 unspecified atom stereocenters. The number of nitrogens with zero attached hydrogens (tertiary/aromatic N) is 6. The van der Waals surface area contributed by atoms with Crippen molar-refractivity contribution in [2.24, 2.45) is 0 Å². The molecule has 0 aliphatic heterocycles. The molecule has 0 bridgehead atoms. The van der Waals surface area contributed by atoms with Crippen LogP contribution in [0, 0.1) is 13.8 Å². The van der Waals surface area contributed by atoms with E-state index in [-0.39, 0.29) is 18.1 Å². The van der Waals surface area contributed by atoms with Crippen molar-refractivity contribution in [3.8, 4) is 22.8 Å². The zero-order valence-corrected chi connectivity index (χ0v) is 17.4. The first-order valence-electron chi connectivity index (χ1n) is 9.64. The van der Waals surface area contributed by atoms with Crippen molar-refractivity contribution in [3.05, 3.63) is 77.6 Å². The Morgan fingerprint density at radius 3 is 2.48 bits per heavy atom. The molecule has 0 atom stereocenters. The fourth-order valence-corrected chi connectivity index (χ4v) is 3.10. The quantitative estimate of drug-likeness (QED) is 0.516. The maximum Gasteiger partial charge on any atom is 0.272 e. The Hall–Kier alpha value is -4.14. The van der Waals surface area contributed by atoms with E-state index in [1.54, 1.807) is 23.9 Å². The Bertz CT molecular complexity index is 1200. The van der Waals surface area contributed by atoms with E-state index >= 15 is 0 Å². The summed E-state index contributed by atoms with van der Waals surface area (Å²) in [4.78, 5) is 21.0.